The SMILES string of the molecule is CN(C)C(=O)c1ccc(NC(=O)/C(C#N)=C/c2ccc(-c3ccccc3Cl)s2)cc1. The van der Waals surface area contributed by atoms with Gasteiger partial charge in [0.25, 0.3) is 11.8 Å². The van der Waals surface area contributed by atoms with E-state index < -0.39 is 5.91 Å². The van der Waals surface area contributed by atoms with E-state index in [1.165, 1.54) is 16.2 Å². The molecule has 0 fully saturated rings. The van der Waals surface area contributed by atoms with E-state index in [0.717, 1.165) is 15.3 Å². The second-order valence-electron chi connectivity index (χ2n) is 6.58. The Morgan fingerprint density at radius 1 is 1.07 bits per heavy atom. The number of thiophene rings is 1. The fraction of sp³-hybridized carbons (Fsp3) is 0.0870. The predicted octanol–water partition coefficient (Wildman–Crippen LogP) is 5.32. The Bertz CT molecular complexity index is 1160. The quantitative estimate of drug-likeness (QED) is 0.435. The molecule has 0 saturated carbocycles. The molecule has 0 unspecified atom stereocenters. The van der Waals surface area contributed by atoms with Gasteiger partial charge in [-0.2, -0.15) is 5.26 Å². The highest BCUT2D eigenvalue weighted by atomic mass is 35.5. The van der Waals surface area contributed by atoms with Crippen LogP contribution in [0.5, 0.6) is 0 Å². The zero-order valence-corrected chi connectivity index (χ0v) is 17.9. The Hall–Kier alpha value is -3.40. The summed E-state index contributed by atoms with van der Waals surface area (Å²) < 4.78 is 0. The number of halogens is 1. The molecule has 2 aromatic carbocycles. The van der Waals surface area contributed by atoms with Gasteiger partial charge in [-0.15, -0.1) is 11.3 Å². The number of carbonyl (C=O) groups excluding carboxylic acids is 2. The zero-order chi connectivity index (χ0) is 21.7. The van der Waals surface area contributed by atoms with Crippen LogP contribution in [0, 0.1) is 11.3 Å². The third-order valence-electron chi connectivity index (χ3n) is 4.21. The molecule has 1 heterocycles. The summed E-state index contributed by atoms with van der Waals surface area (Å²) in [6.45, 7) is 0. The Morgan fingerprint density at radius 2 is 1.77 bits per heavy atom. The van der Waals surface area contributed by atoms with Crippen molar-refractivity contribution in [2.45, 2.75) is 0 Å². The molecule has 3 aromatic rings. The van der Waals surface area contributed by atoms with Crippen LogP contribution in [0.2, 0.25) is 5.02 Å². The van der Waals surface area contributed by atoms with Crippen molar-refractivity contribution in [3.8, 4) is 16.5 Å². The summed E-state index contributed by atoms with van der Waals surface area (Å²) in [7, 11) is 3.34. The number of benzene rings is 2. The fourth-order valence-corrected chi connectivity index (χ4v) is 3.96. The number of carbonyl (C=O) groups is 2. The van der Waals surface area contributed by atoms with Gasteiger partial charge in [-0.1, -0.05) is 29.8 Å². The van der Waals surface area contributed by atoms with Crippen molar-refractivity contribution >= 4 is 46.5 Å². The number of amides is 2. The number of hydrogen-bond donors (Lipinski definition) is 1. The molecule has 0 aliphatic rings. The molecular formula is C23H18ClN3O2S. The number of rotatable bonds is 5. The summed E-state index contributed by atoms with van der Waals surface area (Å²) in [5.41, 5.74) is 1.90. The van der Waals surface area contributed by atoms with Crippen LogP contribution in [-0.4, -0.2) is 30.8 Å². The van der Waals surface area contributed by atoms with Crippen LogP contribution >= 0.6 is 22.9 Å². The number of anilines is 1. The second kappa shape index (κ2) is 9.40. The van der Waals surface area contributed by atoms with E-state index in [0.29, 0.717) is 16.3 Å². The van der Waals surface area contributed by atoms with Gasteiger partial charge in [0.15, 0.2) is 0 Å². The van der Waals surface area contributed by atoms with E-state index in [1.54, 1.807) is 44.4 Å². The second-order valence-corrected chi connectivity index (χ2v) is 8.11. The highest BCUT2D eigenvalue weighted by Crippen LogP contribution is 2.34. The van der Waals surface area contributed by atoms with Gasteiger partial charge >= 0.3 is 0 Å². The minimum atomic E-state index is -0.517. The van der Waals surface area contributed by atoms with Gasteiger partial charge in [0, 0.05) is 45.7 Å². The summed E-state index contributed by atoms with van der Waals surface area (Å²) in [4.78, 5) is 27.6. The molecule has 30 heavy (non-hydrogen) atoms. The number of hydrogen-bond acceptors (Lipinski definition) is 4. The van der Waals surface area contributed by atoms with E-state index in [2.05, 4.69) is 5.32 Å². The van der Waals surface area contributed by atoms with Gasteiger partial charge in [-0.3, -0.25) is 9.59 Å². The third kappa shape index (κ3) is 4.95. The molecule has 0 saturated heterocycles. The predicted molar refractivity (Wildman–Crippen MR) is 121 cm³/mol. The molecule has 0 bridgehead atoms. The van der Waals surface area contributed by atoms with Crippen molar-refractivity contribution in [2.75, 3.05) is 19.4 Å². The summed E-state index contributed by atoms with van der Waals surface area (Å²) in [5, 5.41) is 12.8. The first-order valence-corrected chi connectivity index (χ1v) is 10.2. The van der Waals surface area contributed by atoms with Gasteiger partial charge in [-0.25, -0.2) is 0 Å². The van der Waals surface area contributed by atoms with Crippen molar-refractivity contribution in [2.24, 2.45) is 0 Å². The van der Waals surface area contributed by atoms with E-state index in [9.17, 15) is 14.9 Å². The molecule has 0 aliphatic heterocycles. The Labute approximate surface area is 183 Å². The van der Waals surface area contributed by atoms with E-state index in [-0.39, 0.29) is 11.5 Å². The van der Waals surface area contributed by atoms with Crippen molar-refractivity contribution in [3.63, 3.8) is 0 Å². The van der Waals surface area contributed by atoms with E-state index >= 15 is 0 Å². The summed E-state index contributed by atoms with van der Waals surface area (Å²) in [5.74, 6) is -0.644. The van der Waals surface area contributed by atoms with Crippen LogP contribution in [0.1, 0.15) is 15.2 Å². The molecule has 5 nitrogen and oxygen atoms in total. The first-order chi connectivity index (χ1) is 14.4. The molecule has 3 rings (SSSR count). The lowest BCUT2D eigenvalue weighted by atomic mass is 10.1. The monoisotopic (exact) mass is 435 g/mol. The average molecular weight is 436 g/mol. The van der Waals surface area contributed by atoms with Gasteiger partial charge in [0.2, 0.25) is 0 Å². The summed E-state index contributed by atoms with van der Waals surface area (Å²) in [6, 6.07) is 19.7. The highest BCUT2D eigenvalue weighted by molar-refractivity contribution is 7.16. The Balaban J connectivity index is 1.75. The number of nitriles is 1. The van der Waals surface area contributed by atoms with Crippen molar-refractivity contribution in [1.29, 1.82) is 5.26 Å². The first kappa shape index (κ1) is 21.3. The molecule has 0 radical (unpaired) electrons. The molecule has 7 heteroatoms. The Kier molecular flexibility index (Phi) is 6.68. The average Bonchev–Trinajstić information content (AvgIpc) is 3.20. The van der Waals surface area contributed by atoms with Crippen LogP contribution < -0.4 is 5.32 Å². The molecule has 1 aromatic heterocycles. The van der Waals surface area contributed by atoms with Gasteiger partial charge < -0.3 is 10.2 Å². The molecular weight excluding hydrogens is 418 g/mol. The molecule has 0 spiro atoms. The van der Waals surface area contributed by atoms with Crippen LogP contribution in [0.4, 0.5) is 5.69 Å². The van der Waals surface area contributed by atoms with Crippen LogP contribution in [0.15, 0.2) is 66.2 Å². The summed E-state index contributed by atoms with van der Waals surface area (Å²) in [6.07, 6.45) is 1.55. The smallest absolute Gasteiger partial charge is 0.266 e. The fourth-order valence-electron chi connectivity index (χ4n) is 2.68. The van der Waals surface area contributed by atoms with Gasteiger partial charge in [-0.05, 0) is 48.5 Å². The standard InChI is InChI=1S/C23H18ClN3O2S/c1-27(2)23(29)15-7-9-17(10-8-15)26-22(28)16(14-25)13-18-11-12-21(30-18)19-5-3-4-6-20(19)24/h3-13H,1-2H3,(H,26,28)/b16-13+. The summed E-state index contributed by atoms with van der Waals surface area (Å²) >= 11 is 7.68. The maximum Gasteiger partial charge on any atom is 0.266 e. The van der Waals surface area contributed by atoms with E-state index in [1.807, 2.05) is 42.5 Å². The molecule has 150 valence electrons. The van der Waals surface area contributed by atoms with Crippen molar-refractivity contribution in [3.05, 3.63) is 81.7 Å². The minimum Gasteiger partial charge on any atom is -0.345 e. The normalized spacial score (nSPS) is 10.9. The first-order valence-electron chi connectivity index (χ1n) is 8.98. The number of nitrogens with one attached hydrogen (secondary N) is 1. The van der Waals surface area contributed by atoms with Crippen LogP contribution in [0.25, 0.3) is 16.5 Å². The Morgan fingerprint density at radius 3 is 2.40 bits per heavy atom. The number of nitrogens with zero attached hydrogens (tertiary/aromatic N) is 2. The minimum absolute atomic E-state index is 0.0176. The van der Waals surface area contributed by atoms with Crippen molar-refractivity contribution < 1.29 is 9.59 Å². The topological polar surface area (TPSA) is 73.2 Å². The molecule has 2 amide bonds. The lowest BCUT2D eigenvalue weighted by Crippen LogP contribution is -2.21. The van der Waals surface area contributed by atoms with Gasteiger partial charge in [0.1, 0.15) is 11.6 Å². The lowest BCUT2D eigenvalue weighted by Gasteiger charge is -2.10. The molecule has 0 atom stereocenters. The molecule has 1 N–H and O–H groups in total. The maximum atomic E-state index is 12.5. The molecule has 0 aliphatic carbocycles. The zero-order valence-electron chi connectivity index (χ0n) is 16.3. The largest absolute Gasteiger partial charge is 0.345 e. The lowest BCUT2D eigenvalue weighted by molar-refractivity contribution is -0.112. The maximum absolute atomic E-state index is 12.5. The van der Waals surface area contributed by atoms with E-state index in [4.69, 9.17) is 11.6 Å². The highest BCUT2D eigenvalue weighted by Gasteiger charge is 2.13. The third-order valence-corrected chi connectivity index (χ3v) is 5.61. The van der Waals surface area contributed by atoms with Crippen LogP contribution in [-0.2, 0) is 4.79 Å². The van der Waals surface area contributed by atoms with Crippen molar-refractivity contribution in [1.82, 2.24) is 4.90 Å². The van der Waals surface area contributed by atoms with Gasteiger partial charge in [0.05, 0.1) is 0 Å². The van der Waals surface area contributed by atoms with Crippen LogP contribution in [0.3, 0.4) is 0 Å².